The number of esters is 1. The zero-order valence-corrected chi connectivity index (χ0v) is 19.0. The standard InChI is InChI=1S/C25H23N3O7/c1-3-33-21-12-6-19(7-13-21)25(30)35-23-10-4-18(5-11-23)16-26-27-24(29)17(2)34-22-14-8-20(9-15-22)28(31)32/h4-17H,3H2,1-2H3,(H,27,29). The molecule has 0 bridgehead atoms. The van der Waals surface area contributed by atoms with Crippen LogP contribution in [0.15, 0.2) is 77.9 Å². The van der Waals surface area contributed by atoms with Crippen LogP contribution in [0.3, 0.4) is 0 Å². The van der Waals surface area contributed by atoms with Crippen molar-refractivity contribution in [2.75, 3.05) is 6.61 Å². The Labute approximate surface area is 201 Å². The molecule has 0 aliphatic heterocycles. The van der Waals surface area contributed by atoms with Gasteiger partial charge in [-0.25, -0.2) is 10.2 Å². The molecule has 180 valence electrons. The number of rotatable bonds is 10. The van der Waals surface area contributed by atoms with Crippen molar-refractivity contribution in [3.63, 3.8) is 0 Å². The molecule has 0 fully saturated rings. The number of ether oxygens (including phenoxy) is 3. The van der Waals surface area contributed by atoms with E-state index >= 15 is 0 Å². The average molecular weight is 477 g/mol. The number of non-ortho nitro benzene ring substituents is 1. The van der Waals surface area contributed by atoms with Crippen molar-refractivity contribution in [1.29, 1.82) is 0 Å². The molecular formula is C25H23N3O7. The molecule has 35 heavy (non-hydrogen) atoms. The highest BCUT2D eigenvalue weighted by molar-refractivity contribution is 5.91. The van der Waals surface area contributed by atoms with Crippen LogP contribution in [-0.2, 0) is 4.79 Å². The van der Waals surface area contributed by atoms with Crippen molar-refractivity contribution in [1.82, 2.24) is 5.43 Å². The Kier molecular flexibility index (Phi) is 8.49. The number of nitro benzene ring substituents is 1. The molecule has 0 radical (unpaired) electrons. The van der Waals surface area contributed by atoms with Crippen molar-refractivity contribution in [2.24, 2.45) is 5.10 Å². The highest BCUT2D eigenvalue weighted by Crippen LogP contribution is 2.19. The highest BCUT2D eigenvalue weighted by Gasteiger charge is 2.15. The Bertz CT molecular complexity index is 1190. The lowest BCUT2D eigenvalue weighted by Gasteiger charge is -2.12. The first kappa shape index (κ1) is 24.9. The van der Waals surface area contributed by atoms with Crippen molar-refractivity contribution in [3.05, 3.63) is 94.0 Å². The number of carbonyl (C=O) groups is 2. The summed E-state index contributed by atoms with van der Waals surface area (Å²) in [5.41, 5.74) is 3.35. The van der Waals surface area contributed by atoms with Crippen molar-refractivity contribution in [2.45, 2.75) is 20.0 Å². The van der Waals surface area contributed by atoms with E-state index in [-0.39, 0.29) is 5.69 Å². The third-order valence-corrected chi connectivity index (χ3v) is 4.61. The first-order chi connectivity index (χ1) is 16.9. The molecule has 0 aliphatic carbocycles. The number of nitrogens with zero attached hydrogens (tertiary/aromatic N) is 2. The van der Waals surface area contributed by atoms with Gasteiger partial charge < -0.3 is 14.2 Å². The van der Waals surface area contributed by atoms with Gasteiger partial charge in [0.2, 0.25) is 0 Å². The van der Waals surface area contributed by atoms with E-state index in [0.29, 0.717) is 35.0 Å². The fraction of sp³-hybridized carbons (Fsp3) is 0.160. The predicted octanol–water partition coefficient (Wildman–Crippen LogP) is 4.13. The second-order valence-electron chi connectivity index (χ2n) is 7.16. The van der Waals surface area contributed by atoms with Crippen LogP contribution in [0, 0.1) is 10.1 Å². The monoisotopic (exact) mass is 477 g/mol. The highest BCUT2D eigenvalue weighted by atomic mass is 16.6. The molecule has 0 spiro atoms. The summed E-state index contributed by atoms with van der Waals surface area (Å²) in [5.74, 6) is 0.351. The molecule has 10 heteroatoms. The molecule has 0 aromatic heterocycles. The second-order valence-corrected chi connectivity index (χ2v) is 7.16. The van der Waals surface area contributed by atoms with E-state index < -0.39 is 22.9 Å². The van der Waals surface area contributed by atoms with Crippen LogP contribution in [0.4, 0.5) is 5.69 Å². The Balaban J connectivity index is 1.48. The zero-order valence-electron chi connectivity index (χ0n) is 19.0. The lowest BCUT2D eigenvalue weighted by atomic mass is 10.2. The summed E-state index contributed by atoms with van der Waals surface area (Å²) in [6, 6.07) is 18.6. The van der Waals surface area contributed by atoms with Gasteiger partial charge in [0.05, 0.1) is 23.3 Å². The first-order valence-corrected chi connectivity index (χ1v) is 10.6. The third-order valence-electron chi connectivity index (χ3n) is 4.61. The third kappa shape index (κ3) is 7.39. The first-order valence-electron chi connectivity index (χ1n) is 10.6. The van der Waals surface area contributed by atoms with Crippen LogP contribution < -0.4 is 19.6 Å². The SMILES string of the molecule is CCOc1ccc(C(=O)Oc2ccc(C=NNC(=O)C(C)Oc3ccc([N+](=O)[O-])cc3)cc2)cc1. The van der Waals surface area contributed by atoms with Gasteiger partial charge in [-0.3, -0.25) is 14.9 Å². The van der Waals surface area contributed by atoms with Gasteiger partial charge in [-0.1, -0.05) is 0 Å². The number of hydrazone groups is 1. The summed E-state index contributed by atoms with van der Waals surface area (Å²) in [6.45, 7) is 3.95. The van der Waals surface area contributed by atoms with Gasteiger partial charge in [0.15, 0.2) is 6.10 Å². The van der Waals surface area contributed by atoms with Gasteiger partial charge in [0.1, 0.15) is 17.2 Å². The topological polar surface area (TPSA) is 129 Å². The van der Waals surface area contributed by atoms with E-state index in [2.05, 4.69) is 10.5 Å². The maximum Gasteiger partial charge on any atom is 0.343 e. The normalized spacial score (nSPS) is 11.5. The fourth-order valence-corrected chi connectivity index (χ4v) is 2.81. The summed E-state index contributed by atoms with van der Waals surface area (Å²) >= 11 is 0. The smallest absolute Gasteiger partial charge is 0.343 e. The van der Waals surface area contributed by atoms with Gasteiger partial charge in [-0.15, -0.1) is 0 Å². The van der Waals surface area contributed by atoms with Crippen molar-refractivity contribution in [3.8, 4) is 17.2 Å². The van der Waals surface area contributed by atoms with Gasteiger partial charge in [0.25, 0.3) is 11.6 Å². The lowest BCUT2D eigenvalue weighted by molar-refractivity contribution is -0.384. The molecule has 0 heterocycles. The van der Waals surface area contributed by atoms with Crippen LogP contribution in [-0.4, -0.2) is 35.7 Å². The van der Waals surface area contributed by atoms with Gasteiger partial charge >= 0.3 is 5.97 Å². The van der Waals surface area contributed by atoms with Crippen LogP contribution in [0.5, 0.6) is 17.2 Å². The molecule has 1 N–H and O–H groups in total. The Morgan fingerprint density at radius 1 is 0.971 bits per heavy atom. The number of hydrogen-bond acceptors (Lipinski definition) is 8. The molecule has 1 amide bonds. The number of nitrogens with one attached hydrogen (secondary N) is 1. The van der Waals surface area contributed by atoms with E-state index in [1.165, 1.54) is 37.4 Å². The van der Waals surface area contributed by atoms with E-state index in [4.69, 9.17) is 14.2 Å². The molecule has 0 saturated carbocycles. The molecule has 0 saturated heterocycles. The Morgan fingerprint density at radius 3 is 2.17 bits per heavy atom. The summed E-state index contributed by atoms with van der Waals surface area (Å²) in [5, 5.41) is 14.6. The van der Waals surface area contributed by atoms with Crippen molar-refractivity contribution >= 4 is 23.8 Å². The molecular weight excluding hydrogens is 454 g/mol. The summed E-state index contributed by atoms with van der Waals surface area (Å²) < 4.78 is 16.2. The van der Waals surface area contributed by atoms with Crippen molar-refractivity contribution < 1.29 is 28.7 Å². The summed E-state index contributed by atoms with van der Waals surface area (Å²) in [7, 11) is 0. The van der Waals surface area contributed by atoms with Crippen LogP contribution in [0.2, 0.25) is 0 Å². The Morgan fingerprint density at radius 2 is 1.57 bits per heavy atom. The zero-order chi connectivity index (χ0) is 25.2. The molecule has 3 rings (SSSR count). The minimum Gasteiger partial charge on any atom is -0.494 e. The predicted molar refractivity (Wildman–Crippen MR) is 128 cm³/mol. The molecule has 1 unspecified atom stereocenters. The summed E-state index contributed by atoms with van der Waals surface area (Å²) in [6.07, 6.45) is 0.548. The number of carbonyl (C=O) groups excluding carboxylic acids is 2. The quantitative estimate of drug-likeness (QED) is 0.153. The average Bonchev–Trinajstić information content (AvgIpc) is 2.86. The van der Waals surface area contributed by atoms with E-state index in [0.717, 1.165) is 0 Å². The number of hydrogen-bond donors (Lipinski definition) is 1. The maximum absolute atomic E-state index is 12.3. The van der Waals surface area contributed by atoms with E-state index in [1.807, 2.05) is 6.92 Å². The minimum absolute atomic E-state index is 0.0731. The van der Waals surface area contributed by atoms with Gasteiger partial charge in [-0.2, -0.15) is 5.10 Å². The second kappa shape index (κ2) is 11.9. The Hall–Kier alpha value is -4.73. The fourth-order valence-electron chi connectivity index (χ4n) is 2.81. The van der Waals surface area contributed by atoms with Gasteiger partial charge in [-0.05, 0) is 80.1 Å². The minimum atomic E-state index is -0.877. The maximum atomic E-state index is 12.3. The molecule has 3 aromatic carbocycles. The molecule has 10 nitrogen and oxygen atoms in total. The molecule has 1 atom stereocenters. The number of nitro groups is 1. The van der Waals surface area contributed by atoms with E-state index in [1.54, 1.807) is 48.5 Å². The lowest BCUT2D eigenvalue weighted by Crippen LogP contribution is -2.33. The largest absolute Gasteiger partial charge is 0.494 e. The summed E-state index contributed by atoms with van der Waals surface area (Å²) in [4.78, 5) is 34.6. The molecule has 0 aliphatic rings. The van der Waals surface area contributed by atoms with E-state index in [9.17, 15) is 19.7 Å². The van der Waals surface area contributed by atoms with Gasteiger partial charge in [0, 0.05) is 12.1 Å². The van der Waals surface area contributed by atoms with Crippen LogP contribution in [0.25, 0.3) is 0 Å². The number of benzene rings is 3. The number of amides is 1. The van der Waals surface area contributed by atoms with Crippen LogP contribution >= 0.6 is 0 Å². The van der Waals surface area contributed by atoms with Crippen LogP contribution in [0.1, 0.15) is 29.8 Å². The molecule has 3 aromatic rings.